The molecule has 0 radical (unpaired) electrons. The second kappa shape index (κ2) is 11.4. The summed E-state index contributed by atoms with van der Waals surface area (Å²) in [4.78, 5) is 5.00. The van der Waals surface area contributed by atoms with Crippen molar-refractivity contribution in [2.75, 3.05) is 32.5 Å². The summed E-state index contributed by atoms with van der Waals surface area (Å²) >= 11 is 0. The van der Waals surface area contributed by atoms with Crippen LogP contribution in [0.15, 0.2) is 70.6 Å². The zero-order valence-electron chi connectivity index (χ0n) is 14.5. The molecule has 2 N–H and O–H groups in total. The summed E-state index contributed by atoms with van der Waals surface area (Å²) in [6.45, 7) is 2.44. The second-order valence-corrected chi connectivity index (χ2v) is 6.90. The van der Waals surface area contributed by atoms with Gasteiger partial charge in [-0.1, -0.05) is 48.5 Å². The normalized spacial score (nSPS) is 12.6. The van der Waals surface area contributed by atoms with Crippen LogP contribution < -0.4 is 10.6 Å². The molecule has 0 aliphatic carbocycles. The molecule has 5 nitrogen and oxygen atoms in total. The summed E-state index contributed by atoms with van der Waals surface area (Å²) < 4.78 is 17.8. The molecule has 6 heteroatoms. The van der Waals surface area contributed by atoms with E-state index < -0.39 is 10.8 Å². The van der Waals surface area contributed by atoms with Crippen LogP contribution in [-0.4, -0.2) is 42.7 Å². The average molecular weight is 359 g/mol. The van der Waals surface area contributed by atoms with Crippen LogP contribution >= 0.6 is 0 Å². The Bertz CT molecular complexity index is 663. The highest BCUT2D eigenvalue weighted by Gasteiger charge is 2.03. The molecule has 0 fully saturated rings. The number of nitrogens with one attached hydrogen (secondary N) is 2. The molecule has 2 rings (SSSR count). The number of benzene rings is 2. The Morgan fingerprint density at radius 2 is 1.64 bits per heavy atom. The van der Waals surface area contributed by atoms with Crippen molar-refractivity contribution >= 4 is 16.8 Å². The van der Waals surface area contributed by atoms with E-state index in [2.05, 4.69) is 15.6 Å². The van der Waals surface area contributed by atoms with E-state index in [-0.39, 0.29) is 0 Å². The number of hydrogen-bond donors (Lipinski definition) is 2. The van der Waals surface area contributed by atoms with E-state index in [1.807, 2.05) is 60.7 Å². The van der Waals surface area contributed by atoms with Gasteiger partial charge < -0.3 is 15.4 Å². The van der Waals surface area contributed by atoms with E-state index in [0.29, 0.717) is 38.0 Å². The smallest absolute Gasteiger partial charge is 0.191 e. The van der Waals surface area contributed by atoms with Gasteiger partial charge in [-0.3, -0.25) is 9.20 Å². The van der Waals surface area contributed by atoms with Gasteiger partial charge in [0.05, 0.1) is 24.0 Å². The minimum atomic E-state index is -1.00. The topological polar surface area (TPSA) is 62.7 Å². The van der Waals surface area contributed by atoms with Crippen LogP contribution in [-0.2, 0) is 22.1 Å². The van der Waals surface area contributed by atoms with Crippen molar-refractivity contribution in [3.63, 3.8) is 0 Å². The summed E-state index contributed by atoms with van der Waals surface area (Å²) in [5, 5.41) is 6.35. The van der Waals surface area contributed by atoms with Gasteiger partial charge in [0.25, 0.3) is 0 Å². The third-order valence-corrected chi connectivity index (χ3v) is 4.83. The molecule has 0 saturated carbocycles. The van der Waals surface area contributed by atoms with Crippen molar-refractivity contribution in [3.8, 4) is 0 Å². The Morgan fingerprint density at radius 1 is 1.00 bits per heavy atom. The summed E-state index contributed by atoms with van der Waals surface area (Å²) in [6.07, 6.45) is 0. The molecule has 1 atom stereocenters. The van der Waals surface area contributed by atoms with E-state index in [4.69, 9.17) is 4.74 Å². The number of rotatable bonds is 9. The van der Waals surface area contributed by atoms with Crippen LogP contribution in [0.25, 0.3) is 0 Å². The van der Waals surface area contributed by atoms with Crippen LogP contribution in [0.4, 0.5) is 0 Å². The molecular formula is C19H25N3O2S. The number of guanidine groups is 1. The fraction of sp³-hybridized carbons (Fsp3) is 0.316. The molecule has 2 aromatic carbocycles. The van der Waals surface area contributed by atoms with E-state index in [1.54, 1.807) is 7.05 Å². The van der Waals surface area contributed by atoms with Gasteiger partial charge in [0.1, 0.15) is 0 Å². The second-order valence-electron chi connectivity index (χ2n) is 5.33. The predicted molar refractivity (Wildman–Crippen MR) is 103 cm³/mol. The molecule has 0 amide bonds. The number of hydrogen-bond acceptors (Lipinski definition) is 3. The minimum absolute atomic E-state index is 0.537. The maximum Gasteiger partial charge on any atom is 0.191 e. The van der Waals surface area contributed by atoms with Gasteiger partial charge in [0.2, 0.25) is 0 Å². The Hall–Kier alpha value is -2.18. The summed E-state index contributed by atoms with van der Waals surface area (Å²) in [5.41, 5.74) is 1.16. The quantitative estimate of drug-likeness (QED) is 0.409. The van der Waals surface area contributed by atoms with Crippen LogP contribution in [0.5, 0.6) is 0 Å². The van der Waals surface area contributed by atoms with E-state index >= 15 is 0 Å². The molecule has 0 heterocycles. The Labute approximate surface area is 152 Å². The van der Waals surface area contributed by atoms with E-state index in [9.17, 15) is 4.21 Å². The highest BCUT2D eigenvalue weighted by Crippen LogP contribution is 2.04. The van der Waals surface area contributed by atoms with Crippen LogP contribution in [0.3, 0.4) is 0 Å². The predicted octanol–water partition coefficient (Wildman–Crippen LogP) is 2.18. The fourth-order valence-corrected chi connectivity index (χ4v) is 3.16. The average Bonchev–Trinajstić information content (AvgIpc) is 2.67. The van der Waals surface area contributed by atoms with Gasteiger partial charge in [-0.25, -0.2) is 0 Å². The molecule has 0 aliphatic heterocycles. The van der Waals surface area contributed by atoms with E-state index in [0.717, 1.165) is 10.5 Å². The molecule has 0 spiro atoms. The molecule has 0 aliphatic rings. The van der Waals surface area contributed by atoms with Gasteiger partial charge in [-0.05, 0) is 17.7 Å². The van der Waals surface area contributed by atoms with Crippen molar-refractivity contribution in [2.24, 2.45) is 4.99 Å². The van der Waals surface area contributed by atoms with Gasteiger partial charge >= 0.3 is 0 Å². The first-order valence-electron chi connectivity index (χ1n) is 8.29. The lowest BCUT2D eigenvalue weighted by Gasteiger charge is -2.12. The lowest BCUT2D eigenvalue weighted by atomic mass is 10.2. The first-order chi connectivity index (χ1) is 12.3. The molecule has 0 bridgehead atoms. The highest BCUT2D eigenvalue weighted by atomic mass is 32.2. The van der Waals surface area contributed by atoms with Gasteiger partial charge in [-0.15, -0.1) is 0 Å². The third-order valence-electron chi connectivity index (χ3n) is 3.46. The standard InChI is InChI=1S/C19H25N3O2S/c1-20-19(21-12-14-24-16-17-8-4-2-5-9-17)22-13-15-25(23)18-10-6-3-7-11-18/h2-11H,12-16H2,1H3,(H2,20,21,22). The van der Waals surface area contributed by atoms with Crippen LogP contribution in [0.2, 0.25) is 0 Å². The van der Waals surface area contributed by atoms with Crippen molar-refractivity contribution in [1.29, 1.82) is 0 Å². The maximum atomic E-state index is 12.1. The lowest BCUT2D eigenvalue weighted by molar-refractivity contribution is 0.125. The Kier molecular flexibility index (Phi) is 8.72. The summed E-state index contributed by atoms with van der Waals surface area (Å²) in [7, 11) is 0.715. The first kappa shape index (κ1) is 19.1. The minimum Gasteiger partial charge on any atom is -0.375 e. The molecule has 0 saturated heterocycles. The number of ether oxygens (including phenoxy) is 1. The largest absolute Gasteiger partial charge is 0.375 e. The lowest BCUT2D eigenvalue weighted by Crippen LogP contribution is -2.40. The zero-order chi connectivity index (χ0) is 17.7. The monoisotopic (exact) mass is 359 g/mol. The Balaban J connectivity index is 1.58. The molecular weight excluding hydrogens is 334 g/mol. The summed E-state index contributed by atoms with van der Waals surface area (Å²) in [6, 6.07) is 19.6. The van der Waals surface area contributed by atoms with Crippen molar-refractivity contribution in [2.45, 2.75) is 11.5 Å². The van der Waals surface area contributed by atoms with E-state index in [1.165, 1.54) is 0 Å². The number of nitrogens with zero attached hydrogens (tertiary/aromatic N) is 1. The van der Waals surface area contributed by atoms with Gasteiger partial charge in [-0.2, -0.15) is 0 Å². The summed E-state index contributed by atoms with van der Waals surface area (Å²) in [5.74, 6) is 1.23. The SMILES string of the molecule is CN=C(NCCOCc1ccccc1)NCCS(=O)c1ccccc1. The molecule has 2 aromatic rings. The zero-order valence-corrected chi connectivity index (χ0v) is 15.3. The molecule has 25 heavy (non-hydrogen) atoms. The number of aliphatic imine (C=N–C) groups is 1. The Morgan fingerprint density at radius 3 is 2.32 bits per heavy atom. The first-order valence-corrected chi connectivity index (χ1v) is 9.61. The molecule has 0 aromatic heterocycles. The fourth-order valence-electron chi connectivity index (χ4n) is 2.18. The van der Waals surface area contributed by atoms with Crippen molar-refractivity contribution in [3.05, 3.63) is 66.2 Å². The maximum absolute atomic E-state index is 12.1. The van der Waals surface area contributed by atoms with Gasteiger partial charge in [0, 0.05) is 30.8 Å². The van der Waals surface area contributed by atoms with Crippen LogP contribution in [0, 0.1) is 0 Å². The van der Waals surface area contributed by atoms with Crippen molar-refractivity contribution < 1.29 is 8.95 Å². The third kappa shape index (κ3) is 7.49. The van der Waals surface area contributed by atoms with Gasteiger partial charge in [0.15, 0.2) is 5.96 Å². The van der Waals surface area contributed by atoms with Crippen LogP contribution in [0.1, 0.15) is 5.56 Å². The molecule has 1 unspecified atom stereocenters. The molecule has 134 valence electrons. The van der Waals surface area contributed by atoms with Crippen molar-refractivity contribution in [1.82, 2.24) is 10.6 Å². The highest BCUT2D eigenvalue weighted by molar-refractivity contribution is 7.85.